The Morgan fingerprint density at radius 1 is 1.16 bits per heavy atom. The van der Waals surface area contributed by atoms with Crippen LogP contribution in [-0.4, -0.2) is 4.98 Å². The summed E-state index contributed by atoms with van der Waals surface area (Å²) >= 11 is 12.2. The lowest BCUT2D eigenvalue weighted by molar-refractivity contribution is 0.301. The highest BCUT2D eigenvalue weighted by Gasteiger charge is 2.09. The molecule has 0 fully saturated rings. The third-order valence-electron chi connectivity index (χ3n) is 2.70. The van der Waals surface area contributed by atoms with Crippen molar-refractivity contribution in [1.29, 1.82) is 0 Å². The molecular weight excluding hydrogens is 283 g/mol. The largest absolute Gasteiger partial charge is 0.487 e. The number of nitrogens with zero attached hydrogens (tertiary/aromatic N) is 1. The lowest BCUT2D eigenvalue weighted by Crippen LogP contribution is -2.06. The minimum atomic E-state index is 0.288. The number of aromatic nitrogens is 1. The number of aryl methyl sites for hydroxylation is 1. The van der Waals surface area contributed by atoms with E-state index in [4.69, 9.17) is 33.7 Å². The number of rotatable bonds is 4. The van der Waals surface area contributed by atoms with Gasteiger partial charge in [0.25, 0.3) is 0 Å². The SMILES string of the molecule is Cc1ccc(OCc2c(Cl)cccc2Cl)c(CN)n1. The summed E-state index contributed by atoms with van der Waals surface area (Å²) in [7, 11) is 0. The number of ether oxygens (including phenoxy) is 1. The van der Waals surface area contributed by atoms with E-state index in [2.05, 4.69) is 4.98 Å². The molecule has 2 N–H and O–H groups in total. The van der Waals surface area contributed by atoms with Crippen LogP contribution in [0.3, 0.4) is 0 Å². The van der Waals surface area contributed by atoms with E-state index < -0.39 is 0 Å². The molecule has 19 heavy (non-hydrogen) atoms. The molecule has 0 saturated carbocycles. The molecule has 3 nitrogen and oxygen atoms in total. The molecule has 0 unspecified atom stereocenters. The molecule has 0 amide bonds. The van der Waals surface area contributed by atoms with Crippen molar-refractivity contribution in [2.24, 2.45) is 5.73 Å². The second-order valence-corrected chi connectivity index (χ2v) is 4.90. The fourth-order valence-corrected chi connectivity index (χ4v) is 2.20. The lowest BCUT2D eigenvalue weighted by atomic mass is 10.2. The first-order chi connectivity index (χ1) is 9.11. The van der Waals surface area contributed by atoms with Crippen LogP contribution in [0.15, 0.2) is 30.3 Å². The third-order valence-corrected chi connectivity index (χ3v) is 3.41. The minimum absolute atomic E-state index is 0.288. The maximum atomic E-state index is 6.09. The topological polar surface area (TPSA) is 48.1 Å². The van der Waals surface area contributed by atoms with Crippen molar-refractivity contribution in [2.45, 2.75) is 20.1 Å². The van der Waals surface area contributed by atoms with E-state index in [0.717, 1.165) is 17.0 Å². The first-order valence-corrected chi connectivity index (χ1v) is 6.59. The summed E-state index contributed by atoms with van der Waals surface area (Å²) in [5, 5.41) is 1.17. The van der Waals surface area contributed by atoms with Gasteiger partial charge in [0.05, 0.1) is 5.69 Å². The maximum Gasteiger partial charge on any atom is 0.142 e. The minimum Gasteiger partial charge on any atom is -0.487 e. The van der Waals surface area contributed by atoms with Crippen LogP contribution in [0.25, 0.3) is 0 Å². The molecule has 5 heteroatoms. The first kappa shape index (κ1) is 14.1. The van der Waals surface area contributed by atoms with Gasteiger partial charge in [-0.25, -0.2) is 0 Å². The molecule has 2 rings (SSSR count). The monoisotopic (exact) mass is 296 g/mol. The quantitative estimate of drug-likeness (QED) is 0.935. The van der Waals surface area contributed by atoms with Gasteiger partial charge in [-0.05, 0) is 31.2 Å². The smallest absolute Gasteiger partial charge is 0.142 e. The molecule has 1 heterocycles. The molecule has 0 aliphatic carbocycles. The van der Waals surface area contributed by atoms with Crippen LogP contribution in [0.1, 0.15) is 17.0 Å². The fraction of sp³-hybridized carbons (Fsp3) is 0.214. The van der Waals surface area contributed by atoms with Crippen molar-refractivity contribution in [1.82, 2.24) is 4.98 Å². The van der Waals surface area contributed by atoms with Crippen LogP contribution >= 0.6 is 23.2 Å². The Morgan fingerprint density at radius 2 is 1.84 bits per heavy atom. The van der Waals surface area contributed by atoms with E-state index in [-0.39, 0.29) is 6.61 Å². The second kappa shape index (κ2) is 6.24. The van der Waals surface area contributed by atoms with E-state index in [9.17, 15) is 0 Å². The van der Waals surface area contributed by atoms with E-state index in [0.29, 0.717) is 22.3 Å². The molecule has 0 spiro atoms. The predicted octanol–water partition coefficient (Wildman–Crippen LogP) is 3.73. The molecular formula is C14H14Cl2N2O. The highest BCUT2D eigenvalue weighted by atomic mass is 35.5. The molecule has 1 aromatic carbocycles. The number of benzene rings is 1. The summed E-state index contributed by atoms with van der Waals surface area (Å²) in [5.41, 5.74) is 8.04. The summed E-state index contributed by atoms with van der Waals surface area (Å²) < 4.78 is 5.72. The van der Waals surface area contributed by atoms with Crippen molar-refractivity contribution >= 4 is 23.2 Å². The zero-order valence-electron chi connectivity index (χ0n) is 10.5. The van der Waals surface area contributed by atoms with Gasteiger partial charge in [-0.15, -0.1) is 0 Å². The Morgan fingerprint density at radius 3 is 2.47 bits per heavy atom. The van der Waals surface area contributed by atoms with Crippen LogP contribution in [0.4, 0.5) is 0 Å². The number of hydrogen-bond donors (Lipinski definition) is 1. The molecule has 0 atom stereocenters. The number of halogens is 2. The molecule has 100 valence electrons. The van der Waals surface area contributed by atoms with Gasteiger partial charge >= 0.3 is 0 Å². The van der Waals surface area contributed by atoms with Gasteiger partial charge in [0.2, 0.25) is 0 Å². The third kappa shape index (κ3) is 3.38. The Labute approximate surface area is 122 Å². The molecule has 0 saturated heterocycles. The summed E-state index contributed by atoms with van der Waals surface area (Å²) in [6.45, 7) is 2.53. The zero-order chi connectivity index (χ0) is 13.8. The Kier molecular flexibility index (Phi) is 4.64. The predicted molar refractivity (Wildman–Crippen MR) is 77.7 cm³/mol. The maximum absolute atomic E-state index is 6.09. The van der Waals surface area contributed by atoms with Crippen LogP contribution in [0.2, 0.25) is 10.0 Å². The average molecular weight is 297 g/mol. The normalized spacial score (nSPS) is 10.5. The number of pyridine rings is 1. The molecule has 0 aliphatic rings. The first-order valence-electron chi connectivity index (χ1n) is 5.84. The summed E-state index contributed by atoms with van der Waals surface area (Å²) in [4.78, 5) is 4.33. The highest BCUT2D eigenvalue weighted by molar-refractivity contribution is 6.35. The van der Waals surface area contributed by atoms with Gasteiger partial charge < -0.3 is 10.5 Å². The lowest BCUT2D eigenvalue weighted by Gasteiger charge is -2.12. The molecule has 0 radical (unpaired) electrons. The summed E-state index contributed by atoms with van der Waals surface area (Å²) in [5.74, 6) is 0.657. The van der Waals surface area contributed by atoms with Gasteiger partial charge in [0.15, 0.2) is 0 Å². The van der Waals surface area contributed by atoms with Crippen molar-refractivity contribution in [2.75, 3.05) is 0 Å². The van der Waals surface area contributed by atoms with E-state index >= 15 is 0 Å². The van der Waals surface area contributed by atoms with Crippen molar-refractivity contribution < 1.29 is 4.74 Å². The summed E-state index contributed by atoms with van der Waals surface area (Å²) in [6.07, 6.45) is 0. The van der Waals surface area contributed by atoms with Crippen molar-refractivity contribution in [3.63, 3.8) is 0 Å². The van der Waals surface area contributed by atoms with Crippen LogP contribution < -0.4 is 10.5 Å². The molecule has 2 aromatic rings. The Hall–Kier alpha value is -1.29. The van der Waals surface area contributed by atoms with Gasteiger partial charge in [0.1, 0.15) is 12.4 Å². The standard InChI is InChI=1S/C14H14Cl2N2O/c1-9-5-6-14(13(7-17)18-9)19-8-10-11(15)3-2-4-12(10)16/h2-6H,7-8,17H2,1H3. The van der Waals surface area contributed by atoms with Gasteiger partial charge in [-0.2, -0.15) is 0 Å². The van der Waals surface area contributed by atoms with E-state index in [1.165, 1.54) is 0 Å². The van der Waals surface area contributed by atoms with E-state index in [1.807, 2.05) is 19.1 Å². The Balaban J connectivity index is 2.19. The number of nitrogens with two attached hydrogens (primary N) is 1. The van der Waals surface area contributed by atoms with Crippen LogP contribution in [-0.2, 0) is 13.2 Å². The van der Waals surface area contributed by atoms with Crippen molar-refractivity contribution in [3.8, 4) is 5.75 Å². The molecule has 0 aliphatic heterocycles. The second-order valence-electron chi connectivity index (χ2n) is 4.09. The van der Waals surface area contributed by atoms with Gasteiger partial charge in [-0.3, -0.25) is 4.98 Å². The highest BCUT2D eigenvalue weighted by Crippen LogP contribution is 2.26. The Bertz CT molecular complexity index is 567. The number of hydrogen-bond acceptors (Lipinski definition) is 3. The van der Waals surface area contributed by atoms with Gasteiger partial charge in [0, 0.05) is 27.8 Å². The zero-order valence-corrected chi connectivity index (χ0v) is 12.0. The van der Waals surface area contributed by atoms with Crippen LogP contribution in [0.5, 0.6) is 5.75 Å². The fourth-order valence-electron chi connectivity index (χ4n) is 1.70. The average Bonchev–Trinajstić information content (AvgIpc) is 2.39. The van der Waals surface area contributed by atoms with E-state index in [1.54, 1.807) is 18.2 Å². The van der Waals surface area contributed by atoms with Gasteiger partial charge in [-0.1, -0.05) is 29.3 Å². The molecule has 0 bridgehead atoms. The van der Waals surface area contributed by atoms with Crippen molar-refractivity contribution in [3.05, 3.63) is 57.3 Å². The molecule has 1 aromatic heterocycles. The van der Waals surface area contributed by atoms with Crippen LogP contribution in [0, 0.1) is 6.92 Å². The summed E-state index contributed by atoms with van der Waals surface area (Å²) in [6, 6.07) is 9.09.